The van der Waals surface area contributed by atoms with Crippen LogP contribution in [0.1, 0.15) is 123 Å². The zero-order chi connectivity index (χ0) is 78.8. The lowest BCUT2D eigenvalue weighted by atomic mass is 10.0. The molecule has 4 N–H and O–H groups in total. The number of rotatable bonds is 26. The van der Waals surface area contributed by atoms with Crippen LogP contribution in [0, 0.1) is 50.6 Å². The average Bonchev–Trinajstić information content (AvgIpc) is 0.851. The van der Waals surface area contributed by atoms with Gasteiger partial charge in [-0.25, -0.2) is 36.7 Å². The summed E-state index contributed by atoms with van der Waals surface area (Å²) in [5.41, 5.74) is 10.3. The second-order valence-electron chi connectivity index (χ2n) is 25.7. The molecule has 0 saturated heterocycles. The Kier molecular flexibility index (Phi) is 43.1. The summed E-state index contributed by atoms with van der Waals surface area (Å²) in [5.74, 6) is 3.40. The maximum Gasteiger partial charge on any atom is 0.407 e. The molecule has 24 heteroatoms. The smallest absolute Gasteiger partial charge is 0.407 e. The van der Waals surface area contributed by atoms with E-state index in [2.05, 4.69) is 119 Å². The molecule has 8 aromatic rings. The van der Waals surface area contributed by atoms with Crippen molar-refractivity contribution in [2.75, 3.05) is 0 Å². The molecule has 8 rings (SSSR count). The Labute approximate surface area is 678 Å². The van der Waals surface area contributed by atoms with Gasteiger partial charge in [-0.05, 0) is 234 Å². The summed E-state index contributed by atoms with van der Waals surface area (Å²) < 4.78 is 76.5. The van der Waals surface area contributed by atoms with Gasteiger partial charge in [-0.3, -0.25) is 0 Å². The fourth-order valence-electron chi connectivity index (χ4n) is 9.53. The average molecular weight is 1800 g/mol. The van der Waals surface area contributed by atoms with Gasteiger partial charge in [0.15, 0.2) is 23.3 Å². The van der Waals surface area contributed by atoms with E-state index in [1.54, 1.807) is 54.6 Å². The van der Waals surface area contributed by atoms with Crippen LogP contribution in [0.4, 0.5) is 36.7 Å². The van der Waals surface area contributed by atoms with Gasteiger partial charge in [0.1, 0.15) is 34.5 Å². The number of terminal acetylenes is 1. The predicted octanol–water partition coefficient (Wildman–Crippen LogP) is 24.0. The first-order valence-corrected chi connectivity index (χ1v) is 42.0. The van der Waals surface area contributed by atoms with Gasteiger partial charge in [0.2, 0.25) is 0 Å². The van der Waals surface area contributed by atoms with E-state index in [0.717, 1.165) is 100 Å². The standard InChI is InChI=1S/C24H29ClFNO2Si.C21H21ClFNO2.C19H20BrClFNO2.C13H17NO2.C6H2BrClFI/c1-18(27-24(28)29-17-19-10-6-5-7-11-19)9-8-12-20-15-21(13-14-30(2,3)4)23(26)22(25)16-20;1-3-18-12-17(13-19(22)20(18)23)11-7-8-15(2)24-21(25)26-14-16-9-5-4-6-10-16;1-13(23-19(24)25-12-14-7-3-2-4-8-14)6-5-9-15-10-16(20)18(22)17(21)11-15;1-3-7-11(2)14-13(15)16-10-12-8-5-4-6-9-12;7-4-1-3(10)2-5(8)6(4)9/h5-7,10-11,15-16,18H,8-9,12,17H2,1-4H3,(H,27,28);1,4-6,9-10,12-13,15H,7-8,11,14H2,2H3,(H,24,25);2-4,7-8,10-11,13H,5-6,9,12H2,1H3,(H,23,24);3-6,8-9,11H,1,7,10H2,2H3,(H,14,15);1-2H/t18-;15-;13-;11-;/m0000./s1. The number of aryl methyl sites for hydroxylation is 3. The number of halogens is 11. The summed E-state index contributed by atoms with van der Waals surface area (Å²) in [6.45, 7) is 18.7. The molecule has 0 radical (unpaired) electrons. The number of alkyl carbamates (subject to hydrolysis) is 4. The third-order valence-corrected chi connectivity index (χ3v) is 18.8. The van der Waals surface area contributed by atoms with Crippen molar-refractivity contribution in [1.82, 2.24) is 21.3 Å². The summed E-state index contributed by atoms with van der Waals surface area (Å²) >= 11 is 31.5. The Morgan fingerprint density at radius 3 is 1.08 bits per heavy atom. The lowest BCUT2D eigenvalue weighted by Gasteiger charge is -2.14. The second-order valence-corrected chi connectivity index (χ2v) is 35.0. The van der Waals surface area contributed by atoms with Crippen molar-refractivity contribution in [1.29, 1.82) is 0 Å². The van der Waals surface area contributed by atoms with Gasteiger partial charge in [-0.15, -0.1) is 18.5 Å². The van der Waals surface area contributed by atoms with Crippen molar-refractivity contribution in [3.63, 3.8) is 0 Å². The monoisotopic (exact) mass is 1800 g/mol. The Hall–Kier alpha value is -7.51. The normalized spacial score (nSPS) is 11.6. The maximum atomic E-state index is 14.3. The molecule has 8 aromatic carbocycles. The molecule has 0 heterocycles. The highest BCUT2D eigenvalue weighted by atomic mass is 127. The van der Waals surface area contributed by atoms with Gasteiger partial charge in [-0.1, -0.05) is 205 Å². The first-order valence-electron chi connectivity index (χ1n) is 34.3. The maximum absolute atomic E-state index is 14.3. The number of carbonyl (C=O) groups excluding carboxylic acids is 4. The molecule has 4 amide bonds. The van der Waals surface area contributed by atoms with Gasteiger partial charge in [0.05, 0.1) is 40.2 Å². The van der Waals surface area contributed by atoms with E-state index in [1.807, 2.05) is 149 Å². The van der Waals surface area contributed by atoms with E-state index >= 15 is 0 Å². The lowest BCUT2D eigenvalue weighted by Crippen LogP contribution is -2.33. The van der Waals surface area contributed by atoms with E-state index in [0.29, 0.717) is 27.5 Å². The van der Waals surface area contributed by atoms with E-state index in [9.17, 15) is 36.7 Å². The summed E-state index contributed by atoms with van der Waals surface area (Å²) in [6.07, 6.45) is 13.0. The number of hydrogen-bond acceptors (Lipinski definition) is 8. The minimum absolute atomic E-state index is 0.0114. The summed E-state index contributed by atoms with van der Waals surface area (Å²) in [6, 6.07) is 51.4. The molecule has 0 fully saturated rings. The van der Waals surface area contributed by atoms with Crippen molar-refractivity contribution >= 4 is 133 Å². The Balaban J connectivity index is 0.000000293. The molecular formula is C83H89Br2Cl4F4IN4O8Si. The number of amides is 4. The van der Waals surface area contributed by atoms with Crippen molar-refractivity contribution in [2.24, 2.45) is 0 Å². The Morgan fingerprint density at radius 2 is 0.766 bits per heavy atom. The minimum Gasteiger partial charge on any atom is -0.445 e. The van der Waals surface area contributed by atoms with Crippen molar-refractivity contribution in [2.45, 2.75) is 162 Å². The SMILES string of the molecule is C#Cc1cc(CCC[C@H](C)NC(=O)OCc2ccccc2)cc(Cl)c1F.C=CC[C@H](C)NC(=O)OCc1ccccc1.C[C@@H](CCCc1cc(Cl)c(F)c(Br)c1)NC(=O)OCc1ccccc1.C[C@@H](CCCc1cc(Cl)c(F)c(C#C[Si](C)(C)C)c1)NC(=O)OCc1ccccc1.Fc1c(Cl)cc(I)cc1Br. The van der Waals surface area contributed by atoms with Crippen LogP contribution in [-0.4, -0.2) is 56.6 Å². The number of hydrogen-bond donors (Lipinski definition) is 4. The molecule has 4 atom stereocenters. The number of ether oxygens (including phenoxy) is 4. The van der Waals surface area contributed by atoms with E-state index in [4.69, 9.17) is 71.8 Å². The van der Waals surface area contributed by atoms with E-state index in [1.165, 1.54) is 0 Å². The molecule has 0 aliphatic carbocycles. The van der Waals surface area contributed by atoms with E-state index < -0.39 is 55.7 Å². The molecule has 0 unspecified atom stereocenters. The first-order chi connectivity index (χ1) is 50.9. The first kappa shape index (κ1) is 91.9. The van der Waals surface area contributed by atoms with Crippen LogP contribution in [-0.2, 0) is 64.6 Å². The highest BCUT2D eigenvalue weighted by Crippen LogP contribution is 2.28. The van der Waals surface area contributed by atoms with Crippen molar-refractivity contribution in [3.05, 3.63) is 288 Å². The van der Waals surface area contributed by atoms with Crippen LogP contribution in [0.15, 0.2) is 191 Å². The topological polar surface area (TPSA) is 153 Å². The molecule has 0 aliphatic heterocycles. The quantitative estimate of drug-likeness (QED) is 0.00611. The van der Waals surface area contributed by atoms with Gasteiger partial charge in [0.25, 0.3) is 0 Å². The molecule has 570 valence electrons. The Bertz CT molecular complexity index is 4170. The largest absolute Gasteiger partial charge is 0.445 e. The van der Waals surface area contributed by atoms with Crippen LogP contribution in [0.25, 0.3) is 0 Å². The molecular weight excluding hydrogens is 1710 g/mol. The molecule has 0 aliphatic rings. The van der Waals surface area contributed by atoms with Gasteiger partial charge in [0, 0.05) is 27.7 Å². The van der Waals surface area contributed by atoms with Crippen LogP contribution >= 0.6 is 101 Å². The summed E-state index contributed by atoms with van der Waals surface area (Å²) in [4.78, 5) is 46.9. The van der Waals surface area contributed by atoms with Gasteiger partial charge >= 0.3 is 24.4 Å². The van der Waals surface area contributed by atoms with Gasteiger partial charge < -0.3 is 40.2 Å². The molecule has 0 saturated carbocycles. The van der Waals surface area contributed by atoms with Crippen LogP contribution in [0.2, 0.25) is 39.7 Å². The van der Waals surface area contributed by atoms with Crippen LogP contribution < -0.4 is 21.3 Å². The van der Waals surface area contributed by atoms with Crippen molar-refractivity contribution in [3.8, 4) is 23.8 Å². The summed E-state index contributed by atoms with van der Waals surface area (Å²) in [7, 11) is -1.61. The predicted molar refractivity (Wildman–Crippen MR) is 442 cm³/mol. The molecule has 0 bridgehead atoms. The fourth-order valence-corrected chi connectivity index (χ4v) is 13.4. The lowest BCUT2D eigenvalue weighted by molar-refractivity contribution is 0.135. The van der Waals surface area contributed by atoms with Crippen LogP contribution in [0.3, 0.4) is 0 Å². The number of nitrogens with one attached hydrogen (secondary N) is 4. The number of benzene rings is 8. The van der Waals surface area contributed by atoms with Crippen molar-refractivity contribution < 1.29 is 55.7 Å². The molecule has 107 heavy (non-hydrogen) atoms. The second kappa shape index (κ2) is 50.2. The van der Waals surface area contributed by atoms with Gasteiger partial charge in [-0.2, -0.15) is 0 Å². The fraction of sp³-hybridized carbons (Fsp3) is 0.301. The molecule has 0 aromatic heterocycles. The number of carbonyl (C=O) groups is 4. The van der Waals surface area contributed by atoms with E-state index in [-0.39, 0.29) is 69.6 Å². The minimum atomic E-state index is -1.61. The zero-order valence-electron chi connectivity index (χ0n) is 60.7. The molecule has 0 spiro atoms. The highest BCUT2D eigenvalue weighted by molar-refractivity contribution is 14.1. The zero-order valence-corrected chi connectivity index (χ0v) is 70.0. The van der Waals surface area contributed by atoms with Crippen LogP contribution in [0.5, 0.6) is 0 Å². The summed E-state index contributed by atoms with van der Waals surface area (Å²) in [5, 5.41) is 11.6. The molecule has 12 nitrogen and oxygen atoms in total. The third-order valence-electron chi connectivity index (χ3n) is 15.0. The third kappa shape index (κ3) is 38.9. The Morgan fingerprint density at radius 1 is 0.467 bits per heavy atom. The highest BCUT2D eigenvalue weighted by Gasteiger charge is 2.17.